The zero-order valence-electron chi connectivity index (χ0n) is 18.3. The molecule has 0 saturated heterocycles. The van der Waals surface area contributed by atoms with E-state index >= 15 is 0 Å². The summed E-state index contributed by atoms with van der Waals surface area (Å²) in [4.78, 5) is 35.1. The van der Waals surface area contributed by atoms with Crippen LogP contribution in [-0.2, 0) is 19.6 Å². The second-order valence-electron chi connectivity index (χ2n) is 7.19. The predicted molar refractivity (Wildman–Crippen MR) is 125 cm³/mol. The standard InChI is InChI=1S/C23H21N3O7S/c1-16-8-6-13-20(26(29)30)22(16)24-21(27)15-33-23(28)17-9-7-12-19(14-17)34(31,32)25(2)18-10-4-3-5-11-18/h3-14H,15H2,1-2H3,(H,24,27). The lowest BCUT2D eigenvalue weighted by atomic mass is 10.1. The molecule has 0 fully saturated rings. The van der Waals surface area contributed by atoms with Crippen LogP contribution in [0.4, 0.5) is 17.1 Å². The van der Waals surface area contributed by atoms with Crippen molar-refractivity contribution in [3.05, 3.63) is 94.0 Å². The van der Waals surface area contributed by atoms with E-state index < -0.39 is 33.4 Å². The number of nitrogens with one attached hydrogen (secondary N) is 1. The third-order valence-electron chi connectivity index (χ3n) is 4.89. The van der Waals surface area contributed by atoms with Crippen LogP contribution in [0, 0.1) is 17.0 Å². The van der Waals surface area contributed by atoms with E-state index in [-0.39, 0.29) is 21.8 Å². The van der Waals surface area contributed by atoms with Crippen LogP contribution < -0.4 is 9.62 Å². The predicted octanol–water partition coefficient (Wildman–Crippen LogP) is 3.52. The van der Waals surface area contributed by atoms with Crippen LogP contribution in [0.5, 0.6) is 0 Å². The van der Waals surface area contributed by atoms with Gasteiger partial charge in [0.25, 0.3) is 21.6 Å². The zero-order valence-corrected chi connectivity index (χ0v) is 19.1. The summed E-state index contributed by atoms with van der Waals surface area (Å²) in [6, 6.07) is 18.0. The Hall–Kier alpha value is -4.25. The van der Waals surface area contributed by atoms with Gasteiger partial charge < -0.3 is 10.1 Å². The quantitative estimate of drug-likeness (QED) is 0.294. The molecule has 3 aromatic rings. The Balaban J connectivity index is 1.71. The first kappa shape index (κ1) is 24.4. The van der Waals surface area contributed by atoms with Crippen molar-refractivity contribution in [2.45, 2.75) is 11.8 Å². The Kier molecular flexibility index (Phi) is 7.27. The molecular formula is C23H21N3O7S. The number of aryl methyl sites for hydroxylation is 1. The normalized spacial score (nSPS) is 10.9. The van der Waals surface area contributed by atoms with Gasteiger partial charge in [0.1, 0.15) is 5.69 Å². The molecule has 0 aliphatic carbocycles. The summed E-state index contributed by atoms with van der Waals surface area (Å²) in [7, 11) is -2.56. The van der Waals surface area contributed by atoms with Crippen LogP contribution >= 0.6 is 0 Å². The van der Waals surface area contributed by atoms with Crippen LogP contribution in [-0.4, -0.2) is 38.9 Å². The molecule has 0 bridgehead atoms. The van der Waals surface area contributed by atoms with Crippen molar-refractivity contribution in [2.24, 2.45) is 0 Å². The molecule has 0 saturated carbocycles. The van der Waals surface area contributed by atoms with E-state index in [1.807, 2.05) is 0 Å². The molecule has 0 aliphatic rings. The number of nitrogens with zero attached hydrogens (tertiary/aromatic N) is 2. The van der Waals surface area contributed by atoms with E-state index in [1.165, 1.54) is 37.4 Å². The Morgan fingerprint density at radius 2 is 1.71 bits per heavy atom. The second kappa shape index (κ2) is 10.1. The minimum atomic E-state index is -3.96. The molecule has 3 aromatic carbocycles. The smallest absolute Gasteiger partial charge is 0.338 e. The molecule has 10 nitrogen and oxygen atoms in total. The third kappa shape index (κ3) is 5.38. The fraction of sp³-hybridized carbons (Fsp3) is 0.130. The van der Waals surface area contributed by atoms with E-state index in [0.717, 1.165) is 10.4 Å². The lowest BCUT2D eigenvalue weighted by molar-refractivity contribution is -0.384. The number of nitro groups is 1. The molecule has 0 heterocycles. The number of ether oxygens (including phenoxy) is 1. The molecular weight excluding hydrogens is 462 g/mol. The van der Waals surface area contributed by atoms with Gasteiger partial charge >= 0.3 is 5.97 Å². The van der Waals surface area contributed by atoms with Gasteiger partial charge in [-0.25, -0.2) is 13.2 Å². The number of nitro benzene ring substituents is 1. The highest BCUT2D eigenvalue weighted by Gasteiger charge is 2.23. The lowest BCUT2D eigenvalue weighted by Crippen LogP contribution is -2.26. The van der Waals surface area contributed by atoms with E-state index in [0.29, 0.717) is 11.3 Å². The van der Waals surface area contributed by atoms with Gasteiger partial charge in [0.05, 0.1) is 21.1 Å². The summed E-state index contributed by atoms with van der Waals surface area (Å²) < 4.78 is 32.0. The number of hydrogen-bond acceptors (Lipinski definition) is 7. The molecule has 1 N–H and O–H groups in total. The molecule has 176 valence electrons. The van der Waals surface area contributed by atoms with Crippen molar-refractivity contribution in [2.75, 3.05) is 23.3 Å². The van der Waals surface area contributed by atoms with Crippen LogP contribution in [0.25, 0.3) is 0 Å². The highest BCUT2D eigenvalue weighted by Crippen LogP contribution is 2.27. The van der Waals surface area contributed by atoms with Crippen LogP contribution in [0.1, 0.15) is 15.9 Å². The number of benzene rings is 3. The molecule has 0 spiro atoms. The van der Waals surface area contributed by atoms with Gasteiger partial charge in [-0.05, 0) is 42.8 Å². The summed E-state index contributed by atoms with van der Waals surface area (Å²) in [6.07, 6.45) is 0. The van der Waals surface area contributed by atoms with E-state index in [4.69, 9.17) is 4.74 Å². The Labute approximate surface area is 196 Å². The first-order chi connectivity index (χ1) is 16.1. The summed E-state index contributed by atoms with van der Waals surface area (Å²) in [5.41, 5.74) is 0.551. The number of sulfonamides is 1. The largest absolute Gasteiger partial charge is 0.452 e. The van der Waals surface area contributed by atoms with Crippen molar-refractivity contribution >= 4 is 39.0 Å². The second-order valence-corrected chi connectivity index (χ2v) is 9.16. The zero-order chi connectivity index (χ0) is 24.9. The van der Waals surface area contributed by atoms with Gasteiger partial charge in [0.15, 0.2) is 6.61 Å². The van der Waals surface area contributed by atoms with Gasteiger partial charge in [-0.15, -0.1) is 0 Å². The highest BCUT2D eigenvalue weighted by atomic mass is 32.2. The fourth-order valence-corrected chi connectivity index (χ4v) is 4.32. The number of hydrogen-bond donors (Lipinski definition) is 1. The lowest BCUT2D eigenvalue weighted by Gasteiger charge is -2.19. The van der Waals surface area contributed by atoms with Gasteiger partial charge in [0.2, 0.25) is 0 Å². The third-order valence-corrected chi connectivity index (χ3v) is 6.68. The first-order valence-electron chi connectivity index (χ1n) is 9.96. The van der Waals surface area contributed by atoms with Gasteiger partial charge in [-0.1, -0.05) is 36.4 Å². The number of carbonyl (C=O) groups excluding carboxylic acids is 2. The van der Waals surface area contributed by atoms with Crippen LogP contribution in [0.2, 0.25) is 0 Å². The fourth-order valence-electron chi connectivity index (χ4n) is 3.08. The Bertz CT molecular complexity index is 1340. The maximum atomic E-state index is 13.0. The van der Waals surface area contributed by atoms with E-state index in [1.54, 1.807) is 43.3 Å². The van der Waals surface area contributed by atoms with Gasteiger partial charge in [-0.3, -0.25) is 19.2 Å². The average molecular weight is 484 g/mol. The van der Waals surface area contributed by atoms with Crippen LogP contribution in [0.3, 0.4) is 0 Å². The molecule has 0 atom stereocenters. The summed E-state index contributed by atoms with van der Waals surface area (Å²) in [5.74, 6) is -1.70. The van der Waals surface area contributed by atoms with Crippen molar-refractivity contribution in [3.63, 3.8) is 0 Å². The monoisotopic (exact) mass is 483 g/mol. The Morgan fingerprint density at radius 1 is 1.03 bits per heavy atom. The van der Waals surface area contributed by atoms with Crippen molar-refractivity contribution in [3.8, 4) is 0 Å². The van der Waals surface area contributed by atoms with Crippen molar-refractivity contribution in [1.29, 1.82) is 0 Å². The van der Waals surface area contributed by atoms with Crippen molar-refractivity contribution < 1.29 is 27.7 Å². The first-order valence-corrected chi connectivity index (χ1v) is 11.4. The SMILES string of the molecule is Cc1cccc([N+](=O)[O-])c1NC(=O)COC(=O)c1cccc(S(=O)(=O)N(C)c2ccccc2)c1. The number of anilines is 2. The number of carbonyl (C=O) groups is 2. The molecule has 1 amide bonds. The maximum Gasteiger partial charge on any atom is 0.338 e. The number of rotatable bonds is 8. The van der Waals surface area contributed by atoms with Crippen molar-refractivity contribution in [1.82, 2.24) is 0 Å². The number of amides is 1. The molecule has 34 heavy (non-hydrogen) atoms. The maximum absolute atomic E-state index is 13.0. The van der Waals surface area contributed by atoms with Crippen LogP contribution in [0.15, 0.2) is 77.7 Å². The highest BCUT2D eigenvalue weighted by molar-refractivity contribution is 7.92. The molecule has 0 unspecified atom stereocenters. The van der Waals surface area contributed by atoms with E-state index in [2.05, 4.69) is 5.32 Å². The summed E-state index contributed by atoms with van der Waals surface area (Å²) in [6.45, 7) is 0.873. The van der Waals surface area contributed by atoms with Gasteiger partial charge in [0, 0.05) is 13.1 Å². The average Bonchev–Trinajstić information content (AvgIpc) is 2.83. The summed E-state index contributed by atoms with van der Waals surface area (Å²) in [5, 5.41) is 13.5. The van der Waals surface area contributed by atoms with Gasteiger partial charge in [-0.2, -0.15) is 0 Å². The van der Waals surface area contributed by atoms with E-state index in [9.17, 15) is 28.1 Å². The number of para-hydroxylation sites is 2. The molecule has 0 aliphatic heterocycles. The Morgan fingerprint density at radius 3 is 2.38 bits per heavy atom. The minimum Gasteiger partial charge on any atom is -0.452 e. The number of esters is 1. The molecule has 3 rings (SSSR count). The molecule has 0 aromatic heterocycles. The summed E-state index contributed by atoms with van der Waals surface area (Å²) >= 11 is 0. The topological polar surface area (TPSA) is 136 Å². The molecule has 11 heteroatoms. The minimum absolute atomic E-state index is 0.00517. The molecule has 0 radical (unpaired) electrons.